The Bertz CT molecular complexity index is 141. The van der Waals surface area contributed by atoms with Crippen molar-refractivity contribution in [3.05, 3.63) is 0 Å². The van der Waals surface area contributed by atoms with Crippen LogP contribution in [0.2, 0.25) is 0 Å². The van der Waals surface area contributed by atoms with Crippen LogP contribution in [0.5, 0.6) is 0 Å². The molecule has 1 amide bonds. The summed E-state index contributed by atoms with van der Waals surface area (Å²) in [6.07, 6.45) is -2.49. The molecule has 0 rings (SSSR count). The van der Waals surface area contributed by atoms with E-state index in [1.54, 1.807) is 6.92 Å². The first-order chi connectivity index (χ1) is 5.57. The molecule has 0 aliphatic rings. The minimum absolute atomic E-state index is 0.125. The van der Waals surface area contributed by atoms with Crippen LogP contribution in [0.4, 0.5) is 8.78 Å². The molecule has 0 saturated carbocycles. The topological polar surface area (TPSA) is 29.5 Å². The van der Waals surface area contributed by atoms with Crippen LogP contribution in [0, 0.1) is 0 Å². The van der Waals surface area contributed by atoms with Gasteiger partial charge in [0, 0.05) is 13.7 Å². The summed E-state index contributed by atoms with van der Waals surface area (Å²) in [4.78, 5) is 11.9. The first kappa shape index (κ1) is 11.3. The SMILES string of the molecule is CCOCC(=O)N(C)CC(F)F. The number of rotatable bonds is 5. The van der Waals surface area contributed by atoms with Crippen LogP contribution in [0.25, 0.3) is 0 Å². The van der Waals surface area contributed by atoms with Crippen LogP contribution in [0.1, 0.15) is 6.92 Å². The molecule has 3 nitrogen and oxygen atoms in total. The van der Waals surface area contributed by atoms with Crippen molar-refractivity contribution in [2.45, 2.75) is 13.3 Å². The standard InChI is InChI=1S/C7H13F2NO2/c1-3-12-5-7(11)10(2)4-6(8)9/h6H,3-5H2,1-2H3. The highest BCUT2D eigenvalue weighted by Crippen LogP contribution is 1.96. The normalized spacial score (nSPS) is 10.4. The lowest BCUT2D eigenvalue weighted by Gasteiger charge is -2.15. The number of hydrogen-bond donors (Lipinski definition) is 0. The van der Waals surface area contributed by atoms with Crippen molar-refractivity contribution < 1.29 is 18.3 Å². The Hall–Kier alpha value is -0.710. The number of likely N-dealkylation sites (N-methyl/N-ethyl adjacent to an activating group) is 1. The molecule has 0 saturated heterocycles. The highest BCUT2D eigenvalue weighted by molar-refractivity contribution is 5.77. The number of halogens is 2. The summed E-state index contributed by atoms with van der Waals surface area (Å²) >= 11 is 0. The lowest BCUT2D eigenvalue weighted by atomic mass is 10.5. The molecule has 0 aliphatic carbocycles. The van der Waals surface area contributed by atoms with Gasteiger partial charge in [0.1, 0.15) is 6.61 Å². The van der Waals surface area contributed by atoms with Crippen LogP contribution in [0.15, 0.2) is 0 Å². The fourth-order valence-corrected chi connectivity index (χ4v) is 0.608. The fourth-order valence-electron chi connectivity index (χ4n) is 0.608. The lowest BCUT2D eigenvalue weighted by molar-refractivity contribution is -0.136. The molecule has 72 valence electrons. The predicted molar refractivity (Wildman–Crippen MR) is 40.1 cm³/mol. The molecule has 0 spiro atoms. The van der Waals surface area contributed by atoms with Gasteiger partial charge in [-0.3, -0.25) is 4.79 Å². The van der Waals surface area contributed by atoms with Crippen molar-refractivity contribution >= 4 is 5.91 Å². The Morgan fingerprint density at radius 1 is 1.58 bits per heavy atom. The van der Waals surface area contributed by atoms with E-state index in [4.69, 9.17) is 4.74 Å². The molecular formula is C7H13F2NO2. The zero-order valence-corrected chi connectivity index (χ0v) is 7.22. The Morgan fingerprint density at radius 2 is 2.17 bits per heavy atom. The van der Waals surface area contributed by atoms with E-state index in [1.165, 1.54) is 7.05 Å². The number of ether oxygens (including phenoxy) is 1. The van der Waals surface area contributed by atoms with E-state index in [-0.39, 0.29) is 6.61 Å². The molecule has 0 aliphatic heterocycles. The number of carbonyl (C=O) groups is 1. The second-order valence-electron chi connectivity index (χ2n) is 2.30. The van der Waals surface area contributed by atoms with E-state index in [2.05, 4.69) is 0 Å². The van der Waals surface area contributed by atoms with Crippen LogP contribution in [0.3, 0.4) is 0 Å². The monoisotopic (exact) mass is 181 g/mol. The van der Waals surface area contributed by atoms with E-state index in [9.17, 15) is 13.6 Å². The number of nitrogens with zero attached hydrogens (tertiary/aromatic N) is 1. The number of hydrogen-bond acceptors (Lipinski definition) is 2. The lowest BCUT2D eigenvalue weighted by Crippen LogP contribution is -2.34. The van der Waals surface area contributed by atoms with Gasteiger partial charge in [0.15, 0.2) is 0 Å². The van der Waals surface area contributed by atoms with Gasteiger partial charge in [-0.05, 0) is 6.92 Å². The summed E-state index contributed by atoms with van der Waals surface area (Å²) in [5.74, 6) is -0.419. The van der Waals surface area contributed by atoms with Gasteiger partial charge in [0.05, 0.1) is 6.54 Å². The van der Waals surface area contributed by atoms with Gasteiger partial charge < -0.3 is 9.64 Å². The zero-order valence-electron chi connectivity index (χ0n) is 7.22. The zero-order chi connectivity index (χ0) is 9.56. The van der Waals surface area contributed by atoms with Gasteiger partial charge in [-0.25, -0.2) is 8.78 Å². The van der Waals surface area contributed by atoms with Crippen LogP contribution < -0.4 is 0 Å². The van der Waals surface area contributed by atoms with E-state index < -0.39 is 18.9 Å². The molecule has 0 unspecified atom stereocenters. The minimum atomic E-state index is -2.49. The Labute approximate surface area is 70.3 Å². The van der Waals surface area contributed by atoms with Crippen LogP contribution >= 0.6 is 0 Å². The summed E-state index contributed by atoms with van der Waals surface area (Å²) in [6, 6.07) is 0. The van der Waals surface area contributed by atoms with Crippen molar-refractivity contribution in [1.82, 2.24) is 4.90 Å². The number of carbonyl (C=O) groups excluding carboxylic acids is 1. The van der Waals surface area contributed by atoms with E-state index in [0.717, 1.165) is 4.90 Å². The molecule has 12 heavy (non-hydrogen) atoms. The van der Waals surface area contributed by atoms with Gasteiger partial charge >= 0.3 is 0 Å². The molecule has 0 fully saturated rings. The predicted octanol–water partition coefficient (Wildman–Crippen LogP) is 0.746. The summed E-state index contributed by atoms with van der Waals surface area (Å²) in [6.45, 7) is 1.49. The smallest absolute Gasteiger partial charge is 0.255 e. The maximum atomic E-state index is 11.7. The van der Waals surface area contributed by atoms with E-state index in [1.807, 2.05) is 0 Å². The molecular weight excluding hydrogens is 168 g/mol. The molecule has 0 N–H and O–H groups in total. The minimum Gasteiger partial charge on any atom is -0.372 e. The first-order valence-electron chi connectivity index (χ1n) is 3.67. The van der Waals surface area contributed by atoms with Crippen LogP contribution in [-0.2, 0) is 9.53 Å². The molecule has 0 aromatic rings. The fraction of sp³-hybridized carbons (Fsp3) is 0.857. The van der Waals surface area contributed by atoms with E-state index >= 15 is 0 Å². The van der Waals surface area contributed by atoms with Gasteiger partial charge in [0.25, 0.3) is 6.43 Å². The second kappa shape index (κ2) is 5.88. The van der Waals surface area contributed by atoms with Gasteiger partial charge in [-0.1, -0.05) is 0 Å². The Morgan fingerprint density at radius 3 is 2.58 bits per heavy atom. The Balaban J connectivity index is 3.61. The Kier molecular flexibility index (Phi) is 5.53. The highest BCUT2D eigenvalue weighted by Gasteiger charge is 2.13. The summed E-state index contributed by atoms with van der Waals surface area (Å²) in [7, 11) is 1.33. The second-order valence-corrected chi connectivity index (χ2v) is 2.30. The average molecular weight is 181 g/mol. The molecule has 0 aromatic heterocycles. The number of amides is 1. The third-order valence-electron chi connectivity index (χ3n) is 1.27. The summed E-state index contributed by atoms with van der Waals surface area (Å²) in [5, 5.41) is 0. The molecule has 0 bridgehead atoms. The third-order valence-corrected chi connectivity index (χ3v) is 1.27. The van der Waals surface area contributed by atoms with Gasteiger partial charge in [-0.15, -0.1) is 0 Å². The van der Waals surface area contributed by atoms with E-state index in [0.29, 0.717) is 6.61 Å². The van der Waals surface area contributed by atoms with Crippen LogP contribution in [-0.4, -0.2) is 44.0 Å². The maximum absolute atomic E-state index is 11.7. The molecule has 0 atom stereocenters. The van der Waals surface area contributed by atoms with Gasteiger partial charge in [-0.2, -0.15) is 0 Å². The maximum Gasteiger partial charge on any atom is 0.255 e. The highest BCUT2D eigenvalue weighted by atomic mass is 19.3. The summed E-state index contributed by atoms with van der Waals surface area (Å²) < 4.78 is 28.2. The first-order valence-corrected chi connectivity index (χ1v) is 3.67. The van der Waals surface area contributed by atoms with Crippen molar-refractivity contribution in [3.63, 3.8) is 0 Å². The molecule has 0 radical (unpaired) electrons. The van der Waals surface area contributed by atoms with Crippen molar-refractivity contribution in [1.29, 1.82) is 0 Å². The molecule has 5 heteroatoms. The van der Waals surface area contributed by atoms with Gasteiger partial charge in [0.2, 0.25) is 5.91 Å². The quantitative estimate of drug-likeness (QED) is 0.626. The number of alkyl halides is 2. The van der Waals surface area contributed by atoms with Crippen molar-refractivity contribution in [2.24, 2.45) is 0 Å². The molecule has 0 aromatic carbocycles. The van der Waals surface area contributed by atoms with Crippen molar-refractivity contribution in [2.75, 3.05) is 26.8 Å². The summed E-state index contributed by atoms with van der Waals surface area (Å²) in [5.41, 5.74) is 0. The largest absolute Gasteiger partial charge is 0.372 e. The van der Waals surface area contributed by atoms with Crippen molar-refractivity contribution in [3.8, 4) is 0 Å². The average Bonchev–Trinajstić information content (AvgIpc) is 1.98. The third kappa shape index (κ3) is 5.01. The molecule has 0 heterocycles.